The zero-order valence-corrected chi connectivity index (χ0v) is 19.1. The first-order valence-corrected chi connectivity index (χ1v) is 10.4. The molecule has 1 N–H and O–H groups in total. The topological polar surface area (TPSA) is 95.7 Å². The number of alkyl halides is 2. The molecule has 1 aromatic carbocycles. The van der Waals surface area contributed by atoms with Crippen molar-refractivity contribution in [2.75, 3.05) is 13.2 Å². The number of alkyl carbamates (subject to hydrolysis) is 1. The van der Waals surface area contributed by atoms with E-state index in [9.17, 15) is 13.6 Å². The van der Waals surface area contributed by atoms with E-state index in [0.29, 0.717) is 22.5 Å². The Balaban J connectivity index is 1.58. The van der Waals surface area contributed by atoms with Crippen molar-refractivity contribution in [3.05, 3.63) is 36.5 Å². The average molecular weight is 463 g/mol. The van der Waals surface area contributed by atoms with Crippen molar-refractivity contribution in [3.63, 3.8) is 0 Å². The molecule has 2 heterocycles. The number of nitrogens with zero attached hydrogens (tertiary/aromatic N) is 2. The summed E-state index contributed by atoms with van der Waals surface area (Å²) >= 11 is 0. The summed E-state index contributed by atoms with van der Waals surface area (Å²) in [5.41, 5.74) is 0.838. The van der Waals surface area contributed by atoms with E-state index in [4.69, 9.17) is 18.6 Å². The highest BCUT2D eigenvalue weighted by molar-refractivity contribution is 5.77. The molecule has 3 aromatic rings. The van der Waals surface area contributed by atoms with Gasteiger partial charge in [-0.1, -0.05) is 0 Å². The lowest BCUT2D eigenvalue weighted by Crippen LogP contribution is -2.40. The molecule has 0 saturated carbocycles. The number of carbonyl (C=O) groups excluding carboxylic acids is 1. The van der Waals surface area contributed by atoms with Crippen LogP contribution in [0.4, 0.5) is 13.6 Å². The van der Waals surface area contributed by atoms with Gasteiger partial charge in [-0.2, -0.15) is 0 Å². The van der Waals surface area contributed by atoms with Gasteiger partial charge in [0.2, 0.25) is 5.89 Å². The van der Waals surface area contributed by atoms with Crippen molar-refractivity contribution >= 4 is 17.2 Å². The highest BCUT2D eigenvalue weighted by atomic mass is 19.3. The van der Waals surface area contributed by atoms with E-state index in [0.717, 1.165) is 6.92 Å². The minimum Gasteiger partial charge on any atom is -0.490 e. The Morgan fingerprint density at radius 1 is 1.12 bits per heavy atom. The second-order valence-electron chi connectivity index (χ2n) is 8.74. The number of halogens is 2. The SMILES string of the molecule is C[C@@H](COc1ccc(-c2nc3ccc(OCC(C)(F)F)cc3o2)nc1)NC(=O)OC(C)(C)C. The smallest absolute Gasteiger partial charge is 0.407 e. The van der Waals surface area contributed by atoms with Crippen LogP contribution >= 0.6 is 0 Å². The van der Waals surface area contributed by atoms with E-state index in [1.807, 2.05) is 0 Å². The summed E-state index contributed by atoms with van der Waals surface area (Å²) in [6.45, 7) is 7.45. The van der Waals surface area contributed by atoms with Crippen LogP contribution in [0.5, 0.6) is 11.5 Å². The molecule has 178 valence electrons. The fourth-order valence-electron chi connectivity index (χ4n) is 2.68. The van der Waals surface area contributed by atoms with Crippen molar-refractivity contribution in [1.29, 1.82) is 0 Å². The molecule has 0 radical (unpaired) electrons. The van der Waals surface area contributed by atoms with Gasteiger partial charge in [0.05, 0.1) is 12.2 Å². The number of aromatic nitrogens is 2. The predicted molar refractivity (Wildman–Crippen MR) is 118 cm³/mol. The number of ether oxygens (including phenoxy) is 3. The molecule has 0 bridgehead atoms. The highest BCUT2D eigenvalue weighted by Gasteiger charge is 2.22. The van der Waals surface area contributed by atoms with E-state index in [2.05, 4.69) is 15.3 Å². The first-order valence-electron chi connectivity index (χ1n) is 10.4. The summed E-state index contributed by atoms with van der Waals surface area (Å²) in [5, 5.41) is 2.70. The second-order valence-corrected chi connectivity index (χ2v) is 8.74. The molecule has 3 rings (SSSR count). The number of hydrogen-bond acceptors (Lipinski definition) is 7. The number of benzene rings is 1. The van der Waals surface area contributed by atoms with Crippen LogP contribution in [0, 0.1) is 0 Å². The van der Waals surface area contributed by atoms with Crippen molar-refractivity contribution in [2.45, 2.75) is 52.2 Å². The fraction of sp³-hybridized carbons (Fsp3) is 0.435. The van der Waals surface area contributed by atoms with Crippen LogP contribution in [0.1, 0.15) is 34.6 Å². The summed E-state index contributed by atoms with van der Waals surface area (Å²) < 4.78 is 47.7. The van der Waals surface area contributed by atoms with E-state index < -0.39 is 24.2 Å². The minimum atomic E-state index is -2.93. The maximum absolute atomic E-state index is 13.0. The average Bonchev–Trinajstić information content (AvgIpc) is 3.12. The van der Waals surface area contributed by atoms with Crippen LogP contribution in [0.3, 0.4) is 0 Å². The van der Waals surface area contributed by atoms with Crippen molar-refractivity contribution in [1.82, 2.24) is 15.3 Å². The number of oxazole rings is 1. The molecule has 2 aromatic heterocycles. The number of rotatable bonds is 8. The predicted octanol–water partition coefficient (Wildman–Crippen LogP) is 5.22. The minimum absolute atomic E-state index is 0.225. The van der Waals surface area contributed by atoms with E-state index in [1.165, 1.54) is 12.3 Å². The van der Waals surface area contributed by atoms with Crippen LogP contribution in [0.15, 0.2) is 40.9 Å². The van der Waals surface area contributed by atoms with Gasteiger partial charge in [-0.3, -0.25) is 0 Å². The quantitative estimate of drug-likeness (QED) is 0.490. The molecule has 1 amide bonds. The molecule has 0 aliphatic heterocycles. The van der Waals surface area contributed by atoms with E-state index >= 15 is 0 Å². The van der Waals surface area contributed by atoms with Gasteiger partial charge in [0.25, 0.3) is 5.92 Å². The van der Waals surface area contributed by atoms with Crippen LogP contribution in [-0.2, 0) is 4.74 Å². The number of carbonyl (C=O) groups is 1. The number of pyridine rings is 1. The van der Waals surface area contributed by atoms with Crippen LogP contribution in [0.2, 0.25) is 0 Å². The first kappa shape index (κ1) is 24.2. The summed E-state index contributed by atoms with van der Waals surface area (Å²) in [5.74, 6) is -1.89. The normalized spacial score (nSPS) is 12.9. The van der Waals surface area contributed by atoms with E-state index in [-0.39, 0.29) is 24.3 Å². The zero-order chi connectivity index (χ0) is 24.2. The van der Waals surface area contributed by atoms with Gasteiger partial charge in [-0.15, -0.1) is 0 Å². The Morgan fingerprint density at radius 3 is 2.48 bits per heavy atom. The van der Waals surface area contributed by atoms with Gasteiger partial charge in [0.1, 0.15) is 34.9 Å². The van der Waals surface area contributed by atoms with Crippen molar-refractivity contribution in [2.24, 2.45) is 0 Å². The summed E-state index contributed by atoms with van der Waals surface area (Å²) in [6.07, 6.45) is 1.00. The monoisotopic (exact) mass is 463 g/mol. The maximum Gasteiger partial charge on any atom is 0.407 e. The molecular weight excluding hydrogens is 436 g/mol. The zero-order valence-electron chi connectivity index (χ0n) is 19.1. The number of fused-ring (bicyclic) bond motifs is 1. The summed E-state index contributed by atoms with van der Waals surface area (Å²) in [4.78, 5) is 20.5. The third kappa shape index (κ3) is 7.58. The Morgan fingerprint density at radius 2 is 1.85 bits per heavy atom. The Hall–Kier alpha value is -3.43. The molecule has 0 aliphatic rings. The molecule has 0 saturated heterocycles. The highest BCUT2D eigenvalue weighted by Crippen LogP contribution is 2.27. The van der Waals surface area contributed by atoms with E-state index in [1.54, 1.807) is 52.0 Å². The second kappa shape index (κ2) is 9.60. The lowest BCUT2D eigenvalue weighted by Gasteiger charge is -2.22. The van der Waals surface area contributed by atoms with Crippen LogP contribution < -0.4 is 14.8 Å². The number of nitrogens with one attached hydrogen (secondary N) is 1. The Kier molecular flexibility index (Phi) is 7.04. The molecule has 0 aliphatic carbocycles. The lowest BCUT2D eigenvalue weighted by atomic mass is 10.2. The standard InChI is InChI=1S/C23H27F2N3O5/c1-14(27-21(29)33-22(2,3)4)12-30-16-7-9-18(26-11-16)20-28-17-8-6-15(10-19(17)32-20)31-13-23(5,24)25/h6-11,14H,12-13H2,1-5H3,(H,27,29)/t14-/m0/s1. The molecule has 0 fully saturated rings. The molecule has 33 heavy (non-hydrogen) atoms. The van der Waals surface area contributed by atoms with Gasteiger partial charge >= 0.3 is 6.09 Å². The van der Waals surface area contributed by atoms with Gasteiger partial charge in [-0.25, -0.2) is 23.5 Å². The molecule has 0 unspecified atom stereocenters. The largest absolute Gasteiger partial charge is 0.490 e. The van der Waals surface area contributed by atoms with Crippen LogP contribution in [-0.4, -0.2) is 46.8 Å². The maximum atomic E-state index is 13.0. The van der Waals surface area contributed by atoms with Gasteiger partial charge in [0.15, 0.2) is 12.2 Å². The van der Waals surface area contributed by atoms with Crippen LogP contribution in [0.25, 0.3) is 22.7 Å². The lowest BCUT2D eigenvalue weighted by molar-refractivity contribution is -0.0229. The summed E-state index contributed by atoms with van der Waals surface area (Å²) in [7, 11) is 0. The fourth-order valence-corrected chi connectivity index (χ4v) is 2.68. The molecule has 1 atom stereocenters. The van der Waals surface area contributed by atoms with Crippen molar-refractivity contribution < 1.29 is 32.2 Å². The van der Waals surface area contributed by atoms with Gasteiger partial charge in [0, 0.05) is 13.0 Å². The number of hydrogen-bond donors (Lipinski definition) is 1. The van der Waals surface area contributed by atoms with Crippen molar-refractivity contribution in [3.8, 4) is 23.1 Å². The Labute approximate surface area is 190 Å². The summed E-state index contributed by atoms with van der Waals surface area (Å²) in [6, 6.07) is 7.80. The third-order valence-corrected chi connectivity index (χ3v) is 4.07. The molecular formula is C23H27F2N3O5. The third-order valence-electron chi connectivity index (χ3n) is 4.07. The number of amides is 1. The first-order chi connectivity index (χ1) is 15.4. The molecule has 8 nitrogen and oxygen atoms in total. The van der Waals surface area contributed by atoms with Gasteiger partial charge < -0.3 is 23.9 Å². The Bertz CT molecular complexity index is 1090. The molecule has 10 heteroatoms. The molecule has 0 spiro atoms. The van der Waals surface area contributed by atoms with Gasteiger partial charge in [-0.05, 0) is 52.0 Å².